The van der Waals surface area contributed by atoms with Gasteiger partial charge in [-0.25, -0.2) is 33.7 Å². The van der Waals surface area contributed by atoms with E-state index < -0.39 is 56.3 Å². The average molecular weight is 1490 g/mol. The van der Waals surface area contributed by atoms with E-state index in [1.807, 2.05) is 93.6 Å². The molecule has 2 heterocycles. The van der Waals surface area contributed by atoms with Gasteiger partial charge in [0.2, 0.25) is 0 Å². The van der Waals surface area contributed by atoms with Crippen LogP contribution in [0.15, 0.2) is 199 Å². The van der Waals surface area contributed by atoms with Crippen LogP contribution in [0.25, 0.3) is 20.2 Å². The molecule has 8 aromatic carbocycles. The molecule has 0 radical (unpaired) electrons. The van der Waals surface area contributed by atoms with Crippen molar-refractivity contribution in [3.8, 4) is 0 Å². The topological polar surface area (TPSA) is 166 Å². The van der Waals surface area contributed by atoms with Gasteiger partial charge in [0.1, 0.15) is 0 Å². The Morgan fingerprint density at radius 1 is 0.356 bits per heavy atom. The van der Waals surface area contributed by atoms with Gasteiger partial charge in [-0.05, 0) is 258 Å². The molecule has 101 heavy (non-hydrogen) atoms. The van der Waals surface area contributed by atoms with E-state index >= 15 is 0 Å². The van der Waals surface area contributed by atoms with Crippen LogP contribution in [0.5, 0.6) is 0 Å². The number of fused-ring (bicyclic) bond motifs is 2. The number of sulfone groups is 4. The van der Waals surface area contributed by atoms with Crippen LogP contribution in [0.3, 0.4) is 0 Å². The standard InChI is InChI=1S/C23H31NO3S.2C20H22O2S2.C19H21F3O2S/c1-16(2)24-23(25)22-13-18(5)12-21(14-22)11-8-19-6-9-20(10-7-19)15-28(26,27)17(3)4;2*1-15(2)24(21,22)14-18-7-4-16(5-8-18)3-6-17-9-10-19-11-12-23-20(19)13-17;1-14(2)25(23,24)13-17-10-7-15(8-11-17)6-9-16-4-3-5-18(12-16)19(20,21)22/h6-7,9-10,12-14,16-17H,8,11,15H2,1-5H3,(H,24,25);2*4-5,7-13,15H,3,6,14H2,1-2H3;3-5,7-8,10-12,14H,6,9,13H2,1-2H3. The summed E-state index contributed by atoms with van der Waals surface area (Å²) in [7, 11) is -12.3. The van der Waals surface area contributed by atoms with Gasteiger partial charge in [-0.2, -0.15) is 13.2 Å². The quantitative estimate of drug-likeness (QED) is 0.0555. The molecule has 0 saturated carbocycles. The molecule has 1 N–H and O–H groups in total. The molecule has 0 bridgehead atoms. The van der Waals surface area contributed by atoms with Crippen LogP contribution in [0.4, 0.5) is 13.2 Å². The first-order chi connectivity index (χ1) is 47.5. The summed E-state index contributed by atoms with van der Waals surface area (Å²) in [5.74, 6) is 0.283. The zero-order chi connectivity index (χ0) is 73.9. The van der Waals surface area contributed by atoms with Crippen LogP contribution in [0.1, 0.15) is 157 Å². The lowest BCUT2D eigenvalue weighted by Gasteiger charge is -2.11. The van der Waals surface area contributed by atoms with Crippen molar-refractivity contribution in [1.29, 1.82) is 0 Å². The first-order valence-corrected chi connectivity index (χ1v) is 42.8. The zero-order valence-corrected chi connectivity index (χ0v) is 64.6. The van der Waals surface area contributed by atoms with E-state index in [-0.39, 0.29) is 50.7 Å². The molecule has 0 unspecified atom stereocenters. The zero-order valence-electron chi connectivity index (χ0n) is 59.7. The number of thiophene rings is 2. The molecule has 10 nitrogen and oxygen atoms in total. The SMILES string of the molecule is CC(C)S(=O)(=O)Cc1ccc(CCc2ccc3ccsc3c2)cc1.CC(C)S(=O)(=O)Cc1ccc(CCc2ccc3ccsc3c2)cc1.CC(C)S(=O)(=O)Cc1ccc(CCc2cccc(C(F)(F)F)c2)cc1.Cc1cc(CCc2ccc(CS(=O)(=O)C(C)C)cc2)cc(C(=O)NC(C)C)c1. The number of benzene rings is 8. The molecule has 540 valence electrons. The molecule has 2 aromatic heterocycles. The Hall–Kier alpha value is -7.26. The normalized spacial score (nSPS) is 12.1. The Morgan fingerprint density at radius 2 is 0.653 bits per heavy atom. The van der Waals surface area contributed by atoms with E-state index in [2.05, 4.69) is 94.9 Å². The van der Waals surface area contributed by atoms with Crippen LogP contribution in [0.2, 0.25) is 0 Å². The molecule has 0 aliphatic heterocycles. The number of carbonyl (C=O) groups excluding carboxylic acids is 1. The molecule has 0 aliphatic rings. The average Bonchev–Trinajstić information content (AvgIpc) is 1.51. The summed E-state index contributed by atoms with van der Waals surface area (Å²) in [4.78, 5) is 12.3. The van der Waals surface area contributed by atoms with Crippen molar-refractivity contribution in [3.05, 3.63) is 282 Å². The predicted molar refractivity (Wildman–Crippen MR) is 415 cm³/mol. The molecular weight excluding hydrogens is 1390 g/mol. The summed E-state index contributed by atoms with van der Waals surface area (Å²) in [6.07, 6.45) is 2.35. The minimum atomic E-state index is -4.33. The molecule has 1 amide bonds. The van der Waals surface area contributed by atoms with Crippen molar-refractivity contribution < 1.29 is 51.6 Å². The van der Waals surface area contributed by atoms with Gasteiger partial charge in [0, 0.05) is 21.0 Å². The van der Waals surface area contributed by atoms with Gasteiger partial charge in [-0.1, -0.05) is 151 Å². The maximum atomic E-state index is 12.7. The van der Waals surface area contributed by atoms with E-state index in [9.17, 15) is 51.6 Å². The van der Waals surface area contributed by atoms with Crippen LogP contribution in [0, 0.1) is 6.92 Å². The number of halogens is 3. The molecule has 10 rings (SSSR count). The van der Waals surface area contributed by atoms with Gasteiger partial charge in [-0.15, -0.1) is 22.7 Å². The first-order valence-electron chi connectivity index (χ1n) is 34.2. The Morgan fingerprint density at radius 3 is 0.970 bits per heavy atom. The van der Waals surface area contributed by atoms with E-state index in [1.165, 1.54) is 54.6 Å². The van der Waals surface area contributed by atoms with Gasteiger partial charge in [0.15, 0.2) is 39.3 Å². The number of hydrogen-bond donors (Lipinski definition) is 1. The third-order valence-corrected chi connectivity index (χ3v) is 27.8. The Balaban J connectivity index is 0.000000189. The maximum Gasteiger partial charge on any atom is 0.416 e. The molecule has 0 saturated heterocycles. The summed E-state index contributed by atoms with van der Waals surface area (Å²) in [5, 5.41) is 8.34. The predicted octanol–water partition coefficient (Wildman–Crippen LogP) is 19.1. The number of hydrogen-bond acceptors (Lipinski definition) is 11. The summed E-state index contributed by atoms with van der Waals surface area (Å²) in [6.45, 7) is 19.5. The minimum Gasteiger partial charge on any atom is -0.350 e. The molecule has 0 fully saturated rings. The molecule has 0 spiro atoms. The third kappa shape index (κ3) is 26.2. The molecule has 19 heteroatoms. The van der Waals surface area contributed by atoms with Gasteiger partial charge in [0.25, 0.3) is 5.91 Å². The lowest BCUT2D eigenvalue weighted by Crippen LogP contribution is -2.30. The smallest absolute Gasteiger partial charge is 0.350 e. The van der Waals surface area contributed by atoms with Crippen LogP contribution < -0.4 is 5.32 Å². The summed E-state index contributed by atoms with van der Waals surface area (Å²) < 4.78 is 137. The van der Waals surface area contributed by atoms with Gasteiger partial charge in [-0.3, -0.25) is 4.79 Å². The second-order valence-corrected chi connectivity index (χ2v) is 39.4. The van der Waals surface area contributed by atoms with Crippen molar-refractivity contribution in [2.45, 2.75) is 184 Å². The number of rotatable bonds is 26. The largest absolute Gasteiger partial charge is 0.416 e. The number of aryl methyl sites for hydroxylation is 9. The lowest BCUT2D eigenvalue weighted by atomic mass is 9.99. The van der Waals surface area contributed by atoms with Gasteiger partial charge < -0.3 is 5.32 Å². The maximum absolute atomic E-state index is 12.7. The van der Waals surface area contributed by atoms with Crippen LogP contribution in [-0.4, -0.2) is 66.6 Å². The molecule has 0 aliphatic carbocycles. The summed E-state index contributed by atoms with van der Waals surface area (Å²) in [5.41, 5.74) is 13.4. The number of nitrogens with one attached hydrogen (secondary N) is 1. The highest BCUT2D eigenvalue weighted by Gasteiger charge is 2.30. The van der Waals surface area contributed by atoms with Gasteiger partial charge >= 0.3 is 6.18 Å². The Labute approximate surface area is 606 Å². The number of amides is 1. The van der Waals surface area contributed by atoms with E-state index in [0.29, 0.717) is 24.0 Å². The van der Waals surface area contributed by atoms with Crippen molar-refractivity contribution in [3.63, 3.8) is 0 Å². The van der Waals surface area contributed by atoms with Crippen LogP contribution >= 0.6 is 22.7 Å². The highest BCUT2D eigenvalue weighted by atomic mass is 32.2. The molecule has 0 atom stereocenters. The number of alkyl halides is 3. The van der Waals surface area contributed by atoms with Crippen molar-refractivity contribution in [2.75, 3.05) is 0 Å². The Kier molecular flexibility index (Phi) is 29.5. The van der Waals surface area contributed by atoms with Crippen molar-refractivity contribution >= 4 is 88.1 Å². The lowest BCUT2D eigenvalue weighted by molar-refractivity contribution is -0.137. The van der Waals surface area contributed by atoms with Crippen molar-refractivity contribution in [2.24, 2.45) is 0 Å². The molecule has 10 aromatic rings. The third-order valence-electron chi connectivity index (χ3n) is 17.4. The fourth-order valence-corrected chi connectivity index (χ4v) is 16.3. The van der Waals surface area contributed by atoms with E-state index in [4.69, 9.17) is 0 Å². The first kappa shape index (κ1) is 81.0. The fraction of sp³-hybridized carbons (Fsp3) is 0.354. The second kappa shape index (κ2) is 36.7. The van der Waals surface area contributed by atoms with Crippen LogP contribution in [-0.2, 0) is 120 Å². The highest BCUT2D eigenvalue weighted by molar-refractivity contribution is 7.92. The number of carbonyl (C=O) groups is 1. The fourth-order valence-electron chi connectivity index (χ4n) is 10.7. The summed E-state index contributed by atoms with van der Waals surface area (Å²) >= 11 is 3.55. The van der Waals surface area contributed by atoms with Gasteiger partial charge in [0.05, 0.1) is 49.6 Å². The van der Waals surface area contributed by atoms with E-state index in [1.54, 1.807) is 96.3 Å². The summed E-state index contributed by atoms with van der Waals surface area (Å²) in [6, 6.07) is 59.9. The van der Waals surface area contributed by atoms with Crippen molar-refractivity contribution in [1.82, 2.24) is 5.32 Å². The Bertz CT molecular complexity index is 4630. The highest BCUT2D eigenvalue weighted by Crippen LogP contribution is 2.31. The monoisotopic (exact) mass is 1490 g/mol. The van der Waals surface area contributed by atoms with E-state index in [0.717, 1.165) is 89.1 Å². The second-order valence-electron chi connectivity index (χ2n) is 27.3. The molecular formula is C82H96F3NO9S6. The minimum absolute atomic E-state index is 0.00141.